The van der Waals surface area contributed by atoms with Gasteiger partial charge in [0.2, 0.25) is 5.91 Å². The SMILES string of the molecule is COC(=O)c1c(NC(=O)/C=C/c2ccc(OCc3ccccc3)c(OC)c2)sc(C)c1-c1ccc(Br)cc1. The summed E-state index contributed by atoms with van der Waals surface area (Å²) in [5.41, 5.74) is 3.74. The number of aryl methyl sites for hydroxylation is 1. The van der Waals surface area contributed by atoms with Crippen molar-refractivity contribution >= 4 is 50.2 Å². The van der Waals surface area contributed by atoms with E-state index in [1.54, 1.807) is 19.3 Å². The molecular formula is C30H26BrNO5S. The molecule has 1 aromatic heterocycles. The number of ether oxygens (including phenoxy) is 3. The molecule has 0 radical (unpaired) electrons. The Morgan fingerprint density at radius 3 is 2.39 bits per heavy atom. The Kier molecular flexibility index (Phi) is 8.99. The maximum Gasteiger partial charge on any atom is 0.341 e. The number of amides is 1. The Bertz CT molecular complexity index is 1460. The van der Waals surface area contributed by atoms with Gasteiger partial charge in [0.1, 0.15) is 17.2 Å². The molecule has 194 valence electrons. The number of rotatable bonds is 9. The summed E-state index contributed by atoms with van der Waals surface area (Å²) in [6.45, 7) is 2.33. The minimum Gasteiger partial charge on any atom is -0.493 e. The van der Waals surface area contributed by atoms with E-state index in [2.05, 4.69) is 21.2 Å². The van der Waals surface area contributed by atoms with Gasteiger partial charge >= 0.3 is 5.97 Å². The predicted octanol–water partition coefficient (Wildman–Crippen LogP) is 7.51. The molecule has 0 aliphatic carbocycles. The Morgan fingerprint density at radius 2 is 1.71 bits per heavy atom. The zero-order valence-electron chi connectivity index (χ0n) is 21.1. The fraction of sp³-hybridized carbons (Fsp3) is 0.133. The Hall–Kier alpha value is -3.88. The van der Waals surface area contributed by atoms with Crippen LogP contribution in [0.4, 0.5) is 5.00 Å². The van der Waals surface area contributed by atoms with Crippen molar-refractivity contribution in [1.82, 2.24) is 0 Å². The van der Waals surface area contributed by atoms with Crippen LogP contribution in [0.5, 0.6) is 11.5 Å². The van der Waals surface area contributed by atoms with Gasteiger partial charge in [0.05, 0.1) is 14.2 Å². The number of anilines is 1. The summed E-state index contributed by atoms with van der Waals surface area (Å²) in [7, 11) is 2.90. The number of nitrogens with one attached hydrogen (secondary N) is 1. The molecule has 0 atom stereocenters. The topological polar surface area (TPSA) is 73.9 Å². The molecule has 0 fully saturated rings. The number of esters is 1. The number of benzene rings is 3. The van der Waals surface area contributed by atoms with Crippen LogP contribution in [0.1, 0.15) is 26.4 Å². The number of hydrogen-bond donors (Lipinski definition) is 1. The van der Waals surface area contributed by atoms with Crippen molar-refractivity contribution in [1.29, 1.82) is 0 Å². The molecule has 0 spiro atoms. The fourth-order valence-electron chi connectivity index (χ4n) is 3.86. The predicted molar refractivity (Wildman–Crippen MR) is 155 cm³/mol. The number of halogens is 1. The Balaban J connectivity index is 1.51. The van der Waals surface area contributed by atoms with Crippen LogP contribution in [-0.4, -0.2) is 26.1 Å². The summed E-state index contributed by atoms with van der Waals surface area (Å²) in [6.07, 6.45) is 3.08. The van der Waals surface area contributed by atoms with Crippen molar-refractivity contribution in [2.24, 2.45) is 0 Å². The van der Waals surface area contributed by atoms with E-state index >= 15 is 0 Å². The van der Waals surface area contributed by atoms with Crippen molar-refractivity contribution in [2.45, 2.75) is 13.5 Å². The summed E-state index contributed by atoms with van der Waals surface area (Å²) in [6, 6.07) is 22.9. The largest absolute Gasteiger partial charge is 0.493 e. The van der Waals surface area contributed by atoms with Crippen LogP contribution < -0.4 is 14.8 Å². The molecule has 1 amide bonds. The molecule has 4 rings (SSSR count). The van der Waals surface area contributed by atoms with Crippen molar-refractivity contribution in [3.8, 4) is 22.6 Å². The highest BCUT2D eigenvalue weighted by molar-refractivity contribution is 9.10. The maximum absolute atomic E-state index is 12.8. The highest BCUT2D eigenvalue weighted by Crippen LogP contribution is 2.40. The molecule has 1 heterocycles. The van der Waals surface area contributed by atoms with E-state index in [0.29, 0.717) is 28.7 Å². The van der Waals surface area contributed by atoms with Crippen molar-refractivity contribution < 1.29 is 23.8 Å². The number of hydrogen-bond acceptors (Lipinski definition) is 6. The third kappa shape index (κ3) is 6.51. The second kappa shape index (κ2) is 12.6. The van der Waals surface area contributed by atoms with Crippen LogP contribution in [0.15, 0.2) is 83.3 Å². The first-order chi connectivity index (χ1) is 18.4. The van der Waals surface area contributed by atoms with Gasteiger partial charge in [0.25, 0.3) is 0 Å². The molecule has 0 unspecified atom stereocenters. The van der Waals surface area contributed by atoms with E-state index in [9.17, 15) is 9.59 Å². The molecule has 1 N–H and O–H groups in total. The van der Waals surface area contributed by atoms with Gasteiger partial charge in [-0.2, -0.15) is 0 Å². The molecule has 0 bridgehead atoms. The van der Waals surface area contributed by atoms with E-state index in [1.165, 1.54) is 24.5 Å². The fourth-order valence-corrected chi connectivity index (χ4v) is 5.19. The molecule has 4 aromatic rings. The highest BCUT2D eigenvalue weighted by Gasteiger charge is 2.24. The number of methoxy groups -OCH3 is 2. The molecule has 6 nitrogen and oxygen atoms in total. The lowest BCUT2D eigenvalue weighted by atomic mass is 10.0. The lowest BCUT2D eigenvalue weighted by Crippen LogP contribution is -2.11. The molecule has 38 heavy (non-hydrogen) atoms. The average Bonchev–Trinajstić information content (AvgIpc) is 3.26. The number of thiophene rings is 1. The Morgan fingerprint density at radius 1 is 0.974 bits per heavy atom. The van der Waals surface area contributed by atoms with Crippen LogP contribution in [0, 0.1) is 6.92 Å². The third-order valence-corrected chi connectivity index (χ3v) is 7.24. The zero-order valence-corrected chi connectivity index (χ0v) is 23.5. The Labute approximate surface area is 234 Å². The first-order valence-corrected chi connectivity index (χ1v) is 13.3. The standard InChI is InChI=1S/C30H26BrNO5S/c1-19-27(22-11-13-23(31)14-12-22)28(30(34)36-3)29(38-19)32-26(33)16-10-20-9-15-24(25(17-20)35-2)37-18-21-7-5-4-6-8-21/h4-17H,18H2,1-3H3,(H,32,33)/b16-10+. The van der Waals surface area contributed by atoms with Gasteiger partial charge in [-0.3, -0.25) is 4.79 Å². The van der Waals surface area contributed by atoms with Crippen LogP contribution in [0.25, 0.3) is 17.2 Å². The van der Waals surface area contributed by atoms with Crippen LogP contribution in [-0.2, 0) is 16.1 Å². The monoisotopic (exact) mass is 591 g/mol. The number of carbonyl (C=O) groups excluding carboxylic acids is 2. The molecule has 3 aromatic carbocycles. The number of carbonyl (C=O) groups is 2. The van der Waals surface area contributed by atoms with Crippen LogP contribution in [0.2, 0.25) is 0 Å². The lowest BCUT2D eigenvalue weighted by Gasteiger charge is -2.11. The maximum atomic E-state index is 12.8. The summed E-state index contributed by atoms with van der Waals surface area (Å²) < 4.78 is 17.4. The van der Waals surface area contributed by atoms with E-state index in [4.69, 9.17) is 14.2 Å². The lowest BCUT2D eigenvalue weighted by molar-refractivity contribution is -0.111. The summed E-state index contributed by atoms with van der Waals surface area (Å²) >= 11 is 4.76. The van der Waals surface area contributed by atoms with Gasteiger partial charge < -0.3 is 19.5 Å². The van der Waals surface area contributed by atoms with Crippen molar-refractivity contribution in [3.63, 3.8) is 0 Å². The molecule has 0 saturated carbocycles. The van der Waals surface area contributed by atoms with E-state index in [0.717, 1.165) is 31.6 Å². The van der Waals surface area contributed by atoms with Crippen molar-refractivity contribution in [3.05, 3.63) is 105 Å². The second-order valence-corrected chi connectivity index (χ2v) is 10.4. The van der Waals surface area contributed by atoms with Gasteiger partial charge in [-0.15, -0.1) is 11.3 Å². The normalized spacial score (nSPS) is 10.8. The minimum absolute atomic E-state index is 0.334. The summed E-state index contributed by atoms with van der Waals surface area (Å²) in [5, 5.41) is 3.28. The van der Waals surface area contributed by atoms with Crippen LogP contribution >= 0.6 is 27.3 Å². The van der Waals surface area contributed by atoms with Gasteiger partial charge in [0.15, 0.2) is 11.5 Å². The highest BCUT2D eigenvalue weighted by atomic mass is 79.9. The van der Waals surface area contributed by atoms with Crippen LogP contribution in [0.3, 0.4) is 0 Å². The van der Waals surface area contributed by atoms with Gasteiger partial charge in [0, 0.05) is 21.0 Å². The zero-order chi connectivity index (χ0) is 27.1. The summed E-state index contributed by atoms with van der Waals surface area (Å²) in [4.78, 5) is 26.4. The van der Waals surface area contributed by atoms with E-state index in [-0.39, 0.29) is 5.91 Å². The molecule has 8 heteroatoms. The molecular weight excluding hydrogens is 566 g/mol. The molecule has 0 aliphatic rings. The second-order valence-electron chi connectivity index (χ2n) is 8.24. The quantitative estimate of drug-likeness (QED) is 0.161. The van der Waals surface area contributed by atoms with E-state index in [1.807, 2.05) is 73.7 Å². The molecule has 0 aliphatic heterocycles. The third-order valence-electron chi connectivity index (χ3n) is 5.70. The van der Waals surface area contributed by atoms with E-state index < -0.39 is 5.97 Å². The molecule has 0 saturated heterocycles. The first-order valence-electron chi connectivity index (χ1n) is 11.7. The minimum atomic E-state index is -0.512. The van der Waals surface area contributed by atoms with Crippen molar-refractivity contribution in [2.75, 3.05) is 19.5 Å². The first kappa shape index (κ1) is 27.2. The van der Waals surface area contributed by atoms with Gasteiger partial charge in [-0.1, -0.05) is 64.5 Å². The van der Waals surface area contributed by atoms with Gasteiger partial charge in [-0.05, 0) is 54.0 Å². The smallest absolute Gasteiger partial charge is 0.341 e. The van der Waals surface area contributed by atoms with Gasteiger partial charge in [-0.25, -0.2) is 4.79 Å². The average molecular weight is 593 g/mol. The summed E-state index contributed by atoms with van der Waals surface area (Å²) in [5.74, 6) is 0.282.